The van der Waals surface area contributed by atoms with Crippen LogP contribution in [-0.4, -0.2) is 77.1 Å². The van der Waals surface area contributed by atoms with Crippen molar-refractivity contribution < 1.29 is 34.2 Å². The van der Waals surface area contributed by atoms with E-state index in [0.717, 1.165) is 6.42 Å². The van der Waals surface area contributed by atoms with Gasteiger partial charge in [0.1, 0.15) is 18.1 Å². The topological polar surface area (TPSA) is 200 Å². The number of aliphatic carboxylic acids is 2. The number of nitrogens with two attached hydrogens (primary N) is 1. The van der Waals surface area contributed by atoms with Crippen LogP contribution in [0.15, 0.2) is 0 Å². The molecule has 0 radical (unpaired) electrons. The van der Waals surface area contributed by atoms with E-state index in [-0.39, 0.29) is 31.6 Å². The third kappa shape index (κ3) is 10.9. The van der Waals surface area contributed by atoms with Gasteiger partial charge in [-0.25, -0.2) is 4.79 Å². The molecule has 1 aliphatic heterocycles. The van der Waals surface area contributed by atoms with E-state index >= 15 is 0 Å². The number of amides is 3. The van der Waals surface area contributed by atoms with E-state index in [4.69, 9.17) is 10.8 Å². The summed E-state index contributed by atoms with van der Waals surface area (Å²) in [6.07, 6.45) is 2.50. The van der Waals surface area contributed by atoms with Crippen molar-refractivity contribution in [3.8, 4) is 0 Å². The van der Waals surface area contributed by atoms with E-state index < -0.39 is 53.8 Å². The van der Waals surface area contributed by atoms with Crippen LogP contribution < -0.4 is 27.0 Å². The zero-order valence-corrected chi connectivity index (χ0v) is 20.0. The van der Waals surface area contributed by atoms with Crippen LogP contribution in [0.5, 0.6) is 0 Å². The largest absolute Gasteiger partial charge is 0.481 e. The number of hydrogen-bond donors (Lipinski definition) is 7. The lowest BCUT2D eigenvalue weighted by Crippen LogP contribution is -2.57. The smallest absolute Gasteiger partial charge is 0.326 e. The average Bonchev–Trinajstić information content (AvgIpc) is 3.29. The van der Waals surface area contributed by atoms with E-state index in [0.29, 0.717) is 32.4 Å². The first-order chi connectivity index (χ1) is 16.0. The van der Waals surface area contributed by atoms with Gasteiger partial charge >= 0.3 is 11.9 Å². The van der Waals surface area contributed by atoms with Gasteiger partial charge < -0.3 is 37.2 Å². The Labute approximate surface area is 199 Å². The summed E-state index contributed by atoms with van der Waals surface area (Å²) in [5.41, 5.74) is 5.44. The predicted octanol–water partition coefficient (Wildman–Crippen LogP) is -0.683. The van der Waals surface area contributed by atoms with Crippen LogP contribution in [0.1, 0.15) is 65.2 Å². The summed E-state index contributed by atoms with van der Waals surface area (Å²) in [7, 11) is 0. The molecule has 8 N–H and O–H groups in total. The fourth-order valence-electron chi connectivity index (χ4n) is 3.71. The van der Waals surface area contributed by atoms with E-state index in [1.54, 1.807) is 0 Å². The number of carboxylic acids is 2. The molecule has 3 amide bonds. The van der Waals surface area contributed by atoms with Crippen molar-refractivity contribution in [3.05, 3.63) is 0 Å². The molecule has 194 valence electrons. The summed E-state index contributed by atoms with van der Waals surface area (Å²) in [5, 5.41) is 29.1. The van der Waals surface area contributed by atoms with Crippen molar-refractivity contribution >= 4 is 29.7 Å². The van der Waals surface area contributed by atoms with E-state index in [9.17, 15) is 29.1 Å². The molecular formula is C22H39N5O7. The number of carbonyl (C=O) groups is 5. The maximum Gasteiger partial charge on any atom is 0.326 e. The lowest BCUT2D eigenvalue weighted by Gasteiger charge is -2.26. The molecule has 1 heterocycles. The van der Waals surface area contributed by atoms with Crippen molar-refractivity contribution in [1.29, 1.82) is 0 Å². The molecule has 1 saturated heterocycles. The molecule has 0 aliphatic carbocycles. The van der Waals surface area contributed by atoms with Gasteiger partial charge in [-0.2, -0.15) is 0 Å². The molecule has 34 heavy (non-hydrogen) atoms. The van der Waals surface area contributed by atoms with Crippen LogP contribution >= 0.6 is 0 Å². The normalized spacial score (nSPS) is 18.1. The Morgan fingerprint density at radius 1 is 0.941 bits per heavy atom. The van der Waals surface area contributed by atoms with Gasteiger partial charge in [0.15, 0.2) is 0 Å². The van der Waals surface area contributed by atoms with Gasteiger partial charge in [-0.3, -0.25) is 19.2 Å². The van der Waals surface area contributed by atoms with Crippen LogP contribution in [0, 0.1) is 5.92 Å². The Balaban J connectivity index is 2.90. The van der Waals surface area contributed by atoms with Crippen molar-refractivity contribution in [2.75, 3.05) is 13.1 Å². The average molecular weight is 486 g/mol. The maximum absolute atomic E-state index is 13.0. The number of rotatable bonds is 16. The van der Waals surface area contributed by atoms with E-state index in [1.807, 2.05) is 13.8 Å². The molecule has 12 heteroatoms. The van der Waals surface area contributed by atoms with Gasteiger partial charge in [-0.05, 0) is 64.0 Å². The lowest BCUT2D eigenvalue weighted by molar-refractivity contribution is -0.142. The van der Waals surface area contributed by atoms with Crippen LogP contribution in [-0.2, 0) is 24.0 Å². The van der Waals surface area contributed by atoms with Crippen LogP contribution in [0.2, 0.25) is 0 Å². The number of carboxylic acid groups (broad SMARTS) is 2. The fourth-order valence-corrected chi connectivity index (χ4v) is 3.71. The van der Waals surface area contributed by atoms with Gasteiger partial charge in [0, 0.05) is 6.42 Å². The van der Waals surface area contributed by atoms with Gasteiger partial charge in [0.05, 0.1) is 6.04 Å². The zero-order valence-electron chi connectivity index (χ0n) is 20.0. The van der Waals surface area contributed by atoms with Crippen LogP contribution in [0.4, 0.5) is 0 Å². The highest BCUT2D eigenvalue weighted by atomic mass is 16.4. The third-order valence-electron chi connectivity index (χ3n) is 5.56. The molecule has 1 aliphatic rings. The molecule has 0 aromatic carbocycles. The van der Waals surface area contributed by atoms with Gasteiger partial charge in [0.25, 0.3) is 0 Å². The van der Waals surface area contributed by atoms with Gasteiger partial charge in [-0.15, -0.1) is 0 Å². The van der Waals surface area contributed by atoms with Crippen molar-refractivity contribution in [2.45, 2.75) is 89.4 Å². The van der Waals surface area contributed by atoms with Crippen LogP contribution in [0.3, 0.4) is 0 Å². The summed E-state index contributed by atoms with van der Waals surface area (Å²) < 4.78 is 0. The minimum Gasteiger partial charge on any atom is -0.481 e. The predicted molar refractivity (Wildman–Crippen MR) is 124 cm³/mol. The lowest BCUT2D eigenvalue weighted by atomic mass is 10.0. The Kier molecular flexibility index (Phi) is 13.1. The zero-order chi connectivity index (χ0) is 25.7. The summed E-state index contributed by atoms with van der Waals surface area (Å²) in [6, 6.07) is -3.77. The van der Waals surface area contributed by atoms with Crippen molar-refractivity contribution in [2.24, 2.45) is 11.7 Å². The molecule has 12 nitrogen and oxygen atoms in total. The number of nitrogens with one attached hydrogen (secondary N) is 4. The fraction of sp³-hybridized carbons (Fsp3) is 0.773. The summed E-state index contributed by atoms with van der Waals surface area (Å²) in [6.45, 7) is 4.78. The molecule has 0 spiro atoms. The highest BCUT2D eigenvalue weighted by molar-refractivity contribution is 5.94. The highest BCUT2D eigenvalue weighted by Gasteiger charge is 2.32. The van der Waals surface area contributed by atoms with E-state index in [1.165, 1.54) is 0 Å². The Morgan fingerprint density at radius 3 is 2.12 bits per heavy atom. The number of carbonyl (C=O) groups excluding carboxylic acids is 3. The van der Waals surface area contributed by atoms with Crippen LogP contribution in [0.25, 0.3) is 0 Å². The number of unbranched alkanes of at least 4 members (excludes halogenated alkanes) is 1. The monoisotopic (exact) mass is 485 g/mol. The second-order valence-corrected chi connectivity index (χ2v) is 9.02. The summed E-state index contributed by atoms with van der Waals surface area (Å²) >= 11 is 0. The first-order valence-electron chi connectivity index (χ1n) is 11.8. The first-order valence-corrected chi connectivity index (χ1v) is 11.8. The highest BCUT2D eigenvalue weighted by Crippen LogP contribution is 2.10. The SMILES string of the molecule is CC(C)CC(NC(=O)C(CCC(=O)O)NC(=O)C1CCCN1)C(=O)NC(CCCCN)C(=O)O. The molecule has 1 rings (SSSR count). The second-order valence-electron chi connectivity index (χ2n) is 9.02. The third-order valence-corrected chi connectivity index (χ3v) is 5.56. The van der Waals surface area contributed by atoms with Crippen molar-refractivity contribution in [3.63, 3.8) is 0 Å². The van der Waals surface area contributed by atoms with Gasteiger partial charge in [-0.1, -0.05) is 13.8 Å². The Bertz CT molecular complexity index is 710. The Hall–Kier alpha value is -2.73. The Morgan fingerprint density at radius 2 is 1.59 bits per heavy atom. The van der Waals surface area contributed by atoms with E-state index in [2.05, 4.69) is 21.3 Å². The molecule has 0 aromatic rings. The maximum atomic E-state index is 13.0. The molecular weight excluding hydrogens is 446 g/mol. The first kappa shape index (κ1) is 29.3. The van der Waals surface area contributed by atoms with Crippen molar-refractivity contribution in [1.82, 2.24) is 21.3 Å². The van der Waals surface area contributed by atoms with Gasteiger partial charge in [0.2, 0.25) is 17.7 Å². The summed E-state index contributed by atoms with van der Waals surface area (Å²) in [4.78, 5) is 61.0. The standard InChI is InChI=1S/C22H39N5O7/c1-13(2)12-17(21(32)26-16(22(33)34)6-3-4-10-23)27-20(31)15(8-9-18(28)29)25-19(30)14-7-5-11-24-14/h13-17,24H,3-12,23H2,1-2H3,(H,25,30)(H,26,32)(H,27,31)(H,28,29)(H,33,34). The molecule has 0 aromatic heterocycles. The molecule has 4 atom stereocenters. The minimum absolute atomic E-state index is 0.00804. The quantitative estimate of drug-likeness (QED) is 0.138. The second kappa shape index (κ2) is 15.2. The molecule has 0 bridgehead atoms. The molecule has 1 fully saturated rings. The molecule has 4 unspecified atom stereocenters. The number of hydrogen-bond acceptors (Lipinski definition) is 7. The summed E-state index contributed by atoms with van der Waals surface area (Å²) in [5.74, 6) is -4.06. The minimum atomic E-state index is -1.18. The molecule has 0 saturated carbocycles.